The smallest absolute Gasteiger partial charge is 0.408 e. The quantitative estimate of drug-likeness (QED) is 0.159. The molecule has 4 amide bonds. The van der Waals surface area contributed by atoms with Crippen molar-refractivity contribution in [2.45, 2.75) is 90.1 Å². The van der Waals surface area contributed by atoms with E-state index in [1.807, 2.05) is 30.3 Å². The molecule has 0 aromatic heterocycles. The molecule has 0 aliphatic rings. The molecule has 2 rings (SSSR count). The van der Waals surface area contributed by atoms with E-state index in [1.54, 1.807) is 65.8 Å². The van der Waals surface area contributed by atoms with E-state index >= 15 is 0 Å². The highest BCUT2D eigenvalue weighted by atomic mass is 16.6. The average molecular weight is 647 g/mol. The monoisotopic (exact) mass is 646 g/mol. The van der Waals surface area contributed by atoms with Gasteiger partial charge in [0.15, 0.2) is 0 Å². The first-order valence-corrected chi connectivity index (χ1v) is 15.3. The van der Waals surface area contributed by atoms with E-state index in [1.165, 1.54) is 11.0 Å². The summed E-state index contributed by atoms with van der Waals surface area (Å²) in [6.45, 7) is 13.7. The van der Waals surface area contributed by atoms with Crippen molar-refractivity contribution >= 4 is 29.8 Å². The van der Waals surface area contributed by atoms with Gasteiger partial charge in [0.05, 0.1) is 0 Å². The molecule has 0 bridgehead atoms. The molecule has 252 valence electrons. The van der Waals surface area contributed by atoms with Gasteiger partial charge in [0.25, 0.3) is 0 Å². The molecule has 0 heterocycles. The summed E-state index contributed by atoms with van der Waals surface area (Å²) in [6, 6.07) is 11.8. The molecular weight excluding hydrogens is 600 g/mol. The van der Waals surface area contributed by atoms with Crippen molar-refractivity contribution in [3.8, 4) is 12.3 Å². The van der Waals surface area contributed by atoms with E-state index in [2.05, 4.69) is 23.1 Å². The standard InChI is InChI=1S/C36H46N4O7/c1-9-22-40(32(43)27(20-21-29(37)41)39-34(45)47-36(6,7)8)30(26-19-15-14-18-25(26)10-2)31(42)38-28(33(44)46-35(3,4)5)23-24-16-12-11-13-17-24/h2,9,11-19,27-28,30H,1,20-23H2,3-8H3,(H2,37,41)(H,38,42)(H,39,45). The molecular formula is C36H46N4O7. The summed E-state index contributed by atoms with van der Waals surface area (Å²) in [5.74, 6) is -0.288. The third-order valence-electron chi connectivity index (χ3n) is 6.54. The van der Waals surface area contributed by atoms with E-state index < -0.39 is 59.1 Å². The van der Waals surface area contributed by atoms with E-state index in [0.717, 1.165) is 5.56 Å². The van der Waals surface area contributed by atoms with Crippen LogP contribution in [0.3, 0.4) is 0 Å². The molecule has 2 aromatic carbocycles. The lowest BCUT2D eigenvalue weighted by Gasteiger charge is -2.35. The van der Waals surface area contributed by atoms with Crippen molar-refractivity contribution in [2.24, 2.45) is 5.73 Å². The van der Waals surface area contributed by atoms with Crippen molar-refractivity contribution in [2.75, 3.05) is 6.54 Å². The SMILES string of the molecule is C#Cc1ccccc1C(C(=O)NC(Cc1ccccc1)C(=O)OC(C)(C)C)N(CC=C)C(=O)C(CCC(N)=O)NC(=O)OC(C)(C)C. The molecule has 2 aromatic rings. The second-order valence-corrected chi connectivity index (χ2v) is 12.9. The number of nitrogens with zero attached hydrogens (tertiary/aromatic N) is 1. The molecule has 0 radical (unpaired) electrons. The molecule has 47 heavy (non-hydrogen) atoms. The Morgan fingerprint density at radius 3 is 2.06 bits per heavy atom. The summed E-state index contributed by atoms with van der Waals surface area (Å²) in [5.41, 5.74) is 5.02. The maximum Gasteiger partial charge on any atom is 0.408 e. The molecule has 0 aliphatic carbocycles. The number of hydrogen-bond donors (Lipinski definition) is 3. The number of rotatable bonds is 14. The Morgan fingerprint density at radius 2 is 1.51 bits per heavy atom. The minimum absolute atomic E-state index is 0.0990. The summed E-state index contributed by atoms with van der Waals surface area (Å²) >= 11 is 0. The third-order valence-corrected chi connectivity index (χ3v) is 6.54. The van der Waals surface area contributed by atoms with Gasteiger partial charge in [-0.1, -0.05) is 60.5 Å². The van der Waals surface area contributed by atoms with Crippen LogP contribution in [0.5, 0.6) is 0 Å². The second-order valence-electron chi connectivity index (χ2n) is 12.9. The molecule has 4 N–H and O–H groups in total. The van der Waals surface area contributed by atoms with Crippen molar-refractivity contribution in [1.29, 1.82) is 0 Å². The first kappa shape index (κ1) is 38.1. The van der Waals surface area contributed by atoms with Crippen molar-refractivity contribution < 1.29 is 33.4 Å². The lowest BCUT2D eigenvalue weighted by molar-refractivity contribution is -0.159. The third kappa shape index (κ3) is 12.7. The fourth-order valence-electron chi connectivity index (χ4n) is 4.64. The van der Waals surface area contributed by atoms with Gasteiger partial charge in [0.2, 0.25) is 17.7 Å². The van der Waals surface area contributed by atoms with Gasteiger partial charge in [-0.25, -0.2) is 9.59 Å². The fraction of sp³-hybridized carbons (Fsp3) is 0.417. The largest absolute Gasteiger partial charge is 0.458 e. The van der Waals surface area contributed by atoms with Gasteiger partial charge in [-0.15, -0.1) is 13.0 Å². The number of esters is 1. The van der Waals surface area contributed by atoms with E-state index in [0.29, 0.717) is 5.56 Å². The molecule has 0 fully saturated rings. The van der Waals surface area contributed by atoms with E-state index in [-0.39, 0.29) is 31.4 Å². The maximum absolute atomic E-state index is 14.4. The number of nitrogens with one attached hydrogen (secondary N) is 2. The van der Waals surface area contributed by atoms with E-state index in [9.17, 15) is 24.0 Å². The van der Waals surface area contributed by atoms with Crippen LogP contribution < -0.4 is 16.4 Å². The first-order chi connectivity index (χ1) is 22.0. The van der Waals surface area contributed by atoms with Gasteiger partial charge in [0.1, 0.15) is 29.3 Å². The van der Waals surface area contributed by atoms with Gasteiger partial charge in [-0.3, -0.25) is 14.4 Å². The number of carbonyl (C=O) groups is 5. The van der Waals surface area contributed by atoms with Crippen molar-refractivity contribution in [1.82, 2.24) is 15.5 Å². The van der Waals surface area contributed by atoms with Crippen molar-refractivity contribution in [3.63, 3.8) is 0 Å². The Bertz CT molecular complexity index is 1470. The summed E-state index contributed by atoms with van der Waals surface area (Å²) in [7, 11) is 0. The number of alkyl carbamates (subject to hydrolysis) is 1. The number of nitrogens with two attached hydrogens (primary N) is 1. The van der Waals surface area contributed by atoms with Crippen LogP contribution in [0.15, 0.2) is 67.3 Å². The second kappa shape index (κ2) is 17.0. The highest BCUT2D eigenvalue weighted by Gasteiger charge is 2.38. The number of hydrogen-bond acceptors (Lipinski definition) is 7. The van der Waals surface area contributed by atoms with Gasteiger partial charge < -0.3 is 30.7 Å². The zero-order valence-electron chi connectivity index (χ0n) is 28.0. The Kier molecular flexibility index (Phi) is 13.8. The Labute approximate surface area is 277 Å². The first-order valence-electron chi connectivity index (χ1n) is 15.3. The highest BCUT2D eigenvalue weighted by Crippen LogP contribution is 2.27. The van der Waals surface area contributed by atoms with Crippen LogP contribution in [0.4, 0.5) is 4.79 Å². The lowest BCUT2D eigenvalue weighted by atomic mass is 9.96. The number of benzene rings is 2. The predicted octanol–water partition coefficient (Wildman–Crippen LogP) is 3.95. The van der Waals surface area contributed by atoms with Crippen molar-refractivity contribution in [3.05, 3.63) is 83.9 Å². The van der Waals surface area contributed by atoms with Gasteiger partial charge >= 0.3 is 12.1 Å². The van der Waals surface area contributed by atoms with Crippen LogP contribution in [-0.4, -0.2) is 64.5 Å². The highest BCUT2D eigenvalue weighted by molar-refractivity contribution is 5.94. The van der Waals surface area contributed by atoms with Crippen LogP contribution in [-0.2, 0) is 35.1 Å². The maximum atomic E-state index is 14.4. The van der Waals surface area contributed by atoms with Crippen LogP contribution in [0.1, 0.15) is 77.1 Å². The minimum Gasteiger partial charge on any atom is -0.458 e. The van der Waals surface area contributed by atoms with Gasteiger partial charge in [0, 0.05) is 24.9 Å². The van der Waals surface area contributed by atoms with Gasteiger partial charge in [-0.2, -0.15) is 0 Å². The molecule has 0 saturated heterocycles. The summed E-state index contributed by atoms with van der Waals surface area (Å²) in [4.78, 5) is 67.8. The number of ether oxygens (including phenoxy) is 2. The fourth-order valence-corrected chi connectivity index (χ4v) is 4.64. The van der Waals surface area contributed by atoms with Crippen LogP contribution in [0.2, 0.25) is 0 Å². The molecule has 0 spiro atoms. The normalized spacial score (nSPS) is 13.1. The van der Waals surface area contributed by atoms with E-state index in [4.69, 9.17) is 21.6 Å². The molecule has 3 atom stereocenters. The lowest BCUT2D eigenvalue weighted by Crippen LogP contribution is -2.55. The Morgan fingerprint density at radius 1 is 0.915 bits per heavy atom. The topological polar surface area (TPSA) is 157 Å². The van der Waals surface area contributed by atoms with Crippen LogP contribution >= 0.6 is 0 Å². The molecule has 0 saturated carbocycles. The zero-order valence-corrected chi connectivity index (χ0v) is 28.0. The zero-order chi connectivity index (χ0) is 35.4. The van der Waals surface area contributed by atoms with Crippen LogP contribution in [0, 0.1) is 12.3 Å². The number of primary amides is 1. The predicted molar refractivity (Wildman–Crippen MR) is 179 cm³/mol. The number of carbonyl (C=O) groups excluding carboxylic acids is 5. The molecule has 11 heteroatoms. The minimum atomic E-state index is -1.40. The number of terminal acetylenes is 1. The molecule has 0 aliphatic heterocycles. The molecule has 3 unspecified atom stereocenters. The average Bonchev–Trinajstić information content (AvgIpc) is 2.97. The van der Waals surface area contributed by atoms with Crippen LogP contribution in [0.25, 0.3) is 0 Å². The summed E-state index contributed by atoms with van der Waals surface area (Å²) in [6.07, 6.45) is 6.00. The Hall–Kier alpha value is -5.11. The Balaban J connectivity index is 2.65. The van der Waals surface area contributed by atoms with Gasteiger partial charge in [-0.05, 0) is 65.2 Å². The molecule has 11 nitrogen and oxygen atoms in total. The number of amides is 4. The summed E-state index contributed by atoms with van der Waals surface area (Å²) in [5, 5.41) is 5.31. The summed E-state index contributed by atoms with van der Waals surface area (Å²) < 4.78 is 11.0.